The van der Waals surface area contributed by atoms with Crippen LogP contribution in [0, 0.1) is 39.0 Å². The second-order valence-electron chi connectivity index (χ2n) is 4.79. The van der Waals surface area contributed by atoms with Gasteiger partial charge >= 0.3 is 6.07 Å². The van der Waals surface area contributed by atoms with Crippen molar-refractivity contribution in [1.29, 1.82) is 0 Å². The van der Waals surface area contributed by atoms with Crippen LogP contribution in [0.3, 0.4) is 0 Å². The molecule has 0 amide bonds. The summed E-state index contributed by atoms with van der Waals surface area (Å²) in [5, 5.41) is 13.3. The zero-order valence-electron chi connectivity index (χ0n) is 11.7. The maximum atomic E-state index is 10.5. The number of imidazole rings is 1. The Balaban J connectivity index is 0.00000200. The Labute approximate surface area is 127 Å². The van der Waals surface area contributed by atoms with E-state index in [0.29, 0.717) is 0 Å². The quantitative estimate of drug-likeness (QED) is 0.757. The number of benzene rings is 1. The van der Waals surface area contributed by atoms with Crippen LogP contribution in [-0.2, 0) is 6.54 Å². The van der Waals surface area contributed by atoms with Gasteiger partial charge in [0.15, 0.2) is 0 Å². The molecule has 0 fully saturated rings. The van der Waals surface area contributed by atoms with Crippen LogP contribution in [0.25, 0.3) is 5.01 Å². The molecule has 4 heteroatoms. The zero-order valence-corrected chi connectivity index (χ0v) is 11.7. The Morgan fingerprint density at radius 1 is 1.19 bits per heavy atom. The lowest BCUT2D eigenvalue weighted by atomic mass is 9.94. The molecule has 0 aliphatic rings. The molecule has 1 heterocycles. The monoisotopic (exact) mass is 287 g/mol. The largest absolute Gasteiger partial charge is 0.498 e. The lowest BCUT2D eigenvalue weighted by molar-refractivity contribution is 0.752. The molecule has 0 aliphatic heterocycles. The Morgan fingerprint density at radius 2 is 1.86 bits per heavy atom. The smallest absolute Gasteiger partial charge is 0.337 e. The lowest BCUT2D eigenvalue weighted by Crippen LogP contribution is -2.07. The van der Waals surface area contributed by atoms with E-state index < -0.39 is 0 Å². The second-order valence-corrected chi connectivity index (χ2v) is 4.79. The minimum absolute atomic E-state index is 0. The molecule has 0 saturated carbocycles. The summed E-state index contributed by atoms with van der Waals surface area (Å²) in [6.07, 6.45) is 3.75. The molecular weight excluding hydrogens is 262 g/mol. The molecule has 2 aromatic rings. The van der Waals surface area contributed by atoms with E-state index in [0.717, 1.165) is 29.1 Å². The predicted octanol–water partition coefficient (Wildman–Crippen LogP) is 4.62. The number of rotatable bonds is 2. The topological polar surface area (TPSA) is 45.2 Å². The van der Waals surface area contributed by atoms with E-state index in [4.69, 9.17) is 0 Å². The van der Waals surface area contributed by atoms with Gasteiger partial charge in [0.25, 0.3) is 0 Å². The Hall–Kier alpha value is -2.28. The van der Waals surface area contributed by atoms with Crippen LogP contribution in [0.5, 0.6) is 0 Å². The third-order valence-electron chi connectivity index (χ3n) is 3.54. The fourth-order valence-corrected chi connectivity index (χ4v) is 2.43. The van der Waals surface area contributed by atoms with Gasteiger partial charge in [-0.15, -0.1) is 0 Å². The number of hydrogen-bond acceptors (Lipinski definition) is 2. The second kappa shape index (κ2) is 7.49. The van der Waals surface area contributed by atoms with E-state index in [9.17, 15) is 5.21 Å². The summed E-state index contributed by atoms with van der Waals surface area (Å²) in [5.41, 5.74) is 5.29. The maximum absolute atomic E-state index is 10.5. The van der Waals surface area contributed by atoms with E-state index in [-0.39, 0.29) is 14.9 Å². The number of aryl methyl sites for hydroxylation is 3. The Morgan fingerprint density at radius 3 is 2.38 bits per heavy atom. The zero-order chi connectivity index (χ0) is 14.0. The molecule has 0 aliphatic carbocycles. The highest BCUT2D eigenvalue weighted by Gasteiger charge is 2.14. The van der Waals surface area contributed by atoms with Crippen LogP contribution < -0.4 is 0 Å². The van der Waals surface area contributed by atoms with Crippen LogP contribution in [0.2, 0.25) is 0 Å². The van der Waals surface area contributed by atoms with Gasteiger partial charge in [0.05, 0.1) is 0 Å². The van der Waals surface area contributed by atoms with Gasteiger partial charge in [-0.2, -0.15) is 0 Å². The number of aromatic nitrogens is 2. The molecule has 2 rings (SSSR count). The van der Waals surface area contributed by atoms with Gasteiger partial charge in [-0.25, -0.2) is 4.98 Å². The average molecular weight is 287 g/mol. The maximum Gasteiger partial charge on any atom is 0.337 e. The summed E-state index contributed by atoms with van der Waals surface area (Å²) in [6, 6.07) is 4.62. The molecule has 21 heavy (non-hydrogen) atoms. The first-order valence-electron chi connectivity index (χ1n) is 6.20. The van der Waals surface area contributed by atoms with Crippen molar-refractivity contribution in [3.8, 4) is 6.07 Å². The van der Waals surface area contributed by atoms with Gasteiger partial charge < -0.3 is 9.77 Å². The first-order valence-corrected chi connectivity index (χ1v) is 6.20. The highest BCUT2D eigenvalue weighted by atomic mass is 16.4. The van der Waals surface area contributed by atoms with E-state index in [2.05, 4.69) is 33.6 Å². The van der Waals surface area contributed by atoms with Crippen molar-refractivity contribution < 1.29 is 0 Å². The summed E-state index contributed by atoms with van der Waals surface area (Å²) in [4.78, 5) is 4.23. The van der Waals surface area contributed by atoms with Crippen LogP contribution >= 0.6 is 0 Å². The van der Waals surface area contributed by atoms with Crippen molar-refractivity contribution in [1.82, 2.24) is 9.55 Å². The minimum Gasteiger partial charge on any atom is -0.498 e. The number of nitrogens with zero attached hydrogens (tertiary/aromatic N) is 3. The molecule has 0 spiro atoms. The molecule has 0 radical (unpaired) electrons. The van der Waals surface area contributed by atoms with Gasteiger partial charge in [0.1, 0.15) is 11.4 Å². The SMILES string of the molecule is C.C.Cc1cc(C)c(Cn2ccnc2C)c(C)c1C#[N+][O-]. The van der Waals surface area contributed by atoms with Crippen molar-refractivity contribution >= 4 is 0 Å². The lowest BCUT2D eigenvalue weighted by Gasteiger charge is -2.14. The first kappa shape index (κ1) is 18.7. The summed E-state index contributed by atoms with van der Waals surface area (Å²) in [5.74, 6) is 0.974. The molecule has 1 aromatic carbocycles. The van der Waals surface area contributed by atoms with Gasteiger partial charge in [-0.3, -0.25) is 0 Å². The van der Waals surface area contributed by atoms with Crippen LogP contribution in [0.4, 0.5) is 0 Å². The summed E-state index contributed by atoms with van der Waals surface area (Å²) >= 11 is 0. The van der Waals surface area contributed by atoms with E-state index in [1.54, 1.807) is 6.20 Å². The van der Waals surface area contributed by atoms with E-state index in [1.807, 2.05) is 27.0 Å². The molecule has 0 bridgehead atoms. The van der Waals surface area contributed by atoms with Gasteiger partial charge in [-0.05, 0) is 49.9 Å². The van der Waals surface area contributed by atoms with Crippen LogP contribution in [0.1, 0.15) is 48.5 Å². The third-order valence-corrected chi connectivity index (χ3v) is 3.54. The van der Waals surface area contributed by atoms with Gasteiger partial charge in [0.2, 0.25) is 0 Å². The summed E-state index contributed by atoms with van der Waals surface area (Å²) < 4.78 is 2.09. The molecular formula is C17H25N3O. The van der Waals surface area contributed by atoms with Crippen molar-refractivity contribution in [2.75, 3.05) is 0 Å². The van der Waals surface area contributed by atoms with Crippen molar-refractivity contribution in [2.24, 2.45) is 0 Å². The molecule has 0 atom stereocenters. The third kappa shape index (κ3) is 3.63. The van der Waals surface area contributed by atoms with Gasteiger partial charge in [-0.1, -0.05) is 20.9 Å². The predicted molar refractivity (Wildman–Crippen MR) is 89.9 cm³/mol. The normalized spacial score (nSPS) is 9.14. The van der Waals surface area contributed by atoms with E-state index >= 15 is 0 Å². The molecule has 114 valence electrons. The van der Waals surface area contributed by atoms with Gasteiger partial charge in [0, 0.05) is 23.9 Å². The van der Waals surface area contributed by atoms with Crippen molar-refractivity contribution in [3.05, 3.63) is 62.3 Å². The Kier molecular flexibility index (Phi) is 6.68. The number of hydrogen-bond donors (Lipinski definition) is 0. The van der Waals surface area contributed by atoms with E-state index in [1.165, 1.54) is 11.1 Å². The highest BCUT2D eigenvalue weighted by Crippen LogP contribution is 2.23. The summed E-state index contributed by atoms with van der Waals surface area (Å²) in [6.45, 7) is 8.79. The molecule has 0 N–H and O–H groups in total. The molecule has 0 unspecified atom stereocenters. The highest BCUT2D eigenvalue weighted by molar-refractivity contribution is 5.52. The summed E-state index contributed by atoms with van der Waals surface area (Å²) in [7, 11) is 0. The van der Waals surface area contributed by atoms with Crippen LogP contribution in [0.15, 0.2) is 18.5 Å². The molecule has 1 aromatic heterocycles. The molecule has 0 saturated heterocycles. The fraction of sp³-hybridized carbons (Fsp3) is 0.412. The first-order chi connectivity index (χ1) is 9.04. The average Bonchev–Trinajstić information content (AvgIpc) is 2.76. The van der Waals surface area contributed by atoms with Crippen LogP contribution in [-0.4, -0.2) is 9.55 Å². The Bertz CT molecular complexity index is 675. The van der Waals surface area contributed by atoms with Crippen molar-refractivity contribution in [2.45, 2.75) is 49.1 Å². The van der Waals surface area contributed by atoms with Crippen molar-refractivity contribution in [3.63, 3.8) is 0 Å². The fourth-order valence-electron chi connectivity index (χ4n) is 2.43. The molecule has 4 nitrogen and oxygen atoms in total. The minimum atomic E-state index is 0. The standard InChI is InChI=1S/C15H17N3O.2CH4/c1-10-7-11(2)15(12(3)14(10)8-17-19)9-18-6-5-16-13(18)4;;/h5-7H,9H2,1-4H3;2*1H4.